The van der Waals surface area contributed by atoms with Gasteiger partial charge in [-0.25, -0.2) is 17.9 Å². The third-order valence-electron chi connectivity index (χ3n) is 5.12. The number of amides is 3. The van der Waals surface area contributed by atoms with Gasteiger partial charge in [-0.2, -0.15) is 0 Å². The molecule has 0 aromatic heterocycles. The van der Waals surface area contributed by atoms with Gasteiger partial charge in [-0.1, -0.05) is 25.1 Å². The number of carbonyl (C=O) groups is 2. The van der Waals surface area contributed by atoms with Crippen molar-refractivity contribution in [1.82, 2.24) is 14.9 Å². The van der Waals surface area contributed by atoms with Crippen molar-refractivity contribution in [2.75, 3.05) is 25.0 Å². The van der Waals surface area contributed by atoms with Crippen molar-refractivity contribution in [3.05, 3.63) is 59.2 Å². The number of hydrogen-bond acceptors (Lipinski definition) is 4. The van der Waals surface area contributed by atoms with Crippen LogP contribution < -0.4 is 15.4 Å². The number of carbonyl (C=O) groups excluding carboxylic acids is 2. The summed E-state index contributed by atoms with van der Waals surface area (Å²) >= 11 is 0. The molecule has 9 heteroatoms. The molecular formula is C22H28N4O4S. The third kappa shape index (κ3) is 5.83. The summed E-state index contributed by atoms with van der Waals surface area (Å²) < 4.78 is 26.9. The van der Waals surface area contributed by atoms with Gasteiger partial charge < -0.3 is 15.5 Å². The molecule has 31 heavy (non-hydrogen) atoms. The molecule has 0 atom stereocenters. The zero-order valence-corrected chi connectivity index (χ0v) is 18.6. The Morgan fingerprint density at radius 3 is 2.52 bits per heavy atom. The molecule has 3 rings (SSSR count). The largest absolute Gasteiger partial charge is 0.348 e. The molecule has 0 bridgehead atoms. The van der Waals surface area contributed by atoms with Crippen molar-refractivity contribution in [1.29, 1.82) is 0 Å². The Morgan fingerprint density at radius 1 is 1.06 bits per heavy atom. The van der Waals surface area contributed by atoms with Gasteiger partial charge in [0.05, 0.1) is 4.90 Å². The molecule has 1 aliphatic heterocycles. The summed E-state index contributed by atoms with van der Waals surface area (Å²) in [6, 6.07) is 11.7. The van der Waals surface area contributed by atoms with E-state index in [0.29, 0.717) is 16.8 Å². The van der Waals surface area contributed by atoms with E-state index < -0.39 is 10.0 Å². The molecule has 2 aromatic rings. The second-order valence-electron chi connectivity index (χ2n) is 7.49. The zero-order valence-electron chi connectivity index (χ0n) is 17.8. The highest BCUT2D eigenvalue weighted by atomic mass is 32.2. The third-order valence-corrected chi connectivity index (χ3v) is 6.67. The number of urea groups is 1. The van der Waals surface area contributed by atoms with E-state index in [1.807, 2.05) is 18.2 Å². The summed E-state index contributed by atoms with van der Waals surface area (Å²) in [4.78, 5) is 26.8. The minimum atomic E-state index is -3.65. The lowest BCUT2D eigenvalue weighted by Crippen LogP contribution is -2.32. The molecule has 166 valence electrons. The summed E-state index contributed by atoms with van der Waals surface area (Å²) in [5, 5.41) is 5.71. The number of sulfonamides is 1. The van der Waals surface area contributed by atoms with Crippen LogP contribution in [0.1, 0.15) is 41.3 Å². The number of likely N-dealkylation sites (tertiary alicyclic amines) is 1. The molecule has 3 N–H and O–H groups in total. The van der Waals surface area contributed by atoms with E-state index >= 15 is 0 Å². The van der Waals surface area contributed by atoms with Crippen molar-refractivity contribution < 1.29 is 18.0 Å². The van der Waals surface area contributed by atoms with E-state index in [1.165, 1.54) is 12.1 Å². The van der Waals surface area contributed by atoms with Crippen molar-refractivity contribution >= 4 is 27.6 Å². The quantitative estimate of drug-likeness (QED) is 0.610. The van der Waals surface area contributed by atoms with E-state index in [1.54, 1.807) is 30.9 Å². The van der Waals surface area contributed by atoms with Crippen LogP contribution in [0.4, 0.5) is 10.5 Å². The Hall–Kier alpha value is -2.91. The topological polar surface area (TPSA) is 108 Å². The summed E-state index contributed by atoms with van der Waals surface area (Å²) in [5.74, 6) is -0.363. The highest BCUT2D eigenvalue weighted by molar-refractivity contribution is 7.89. The Labute approximate surface area is 183 Å². The molecular weight excluding hydrogens is 416 g/mol. The number of hydrogen-bond donors (Lipinski definition) is 3. The fraction of sp³-hybridized carbons (Fsp3) is 0.364. The number of aryl methyl sites for hydroxylation is 1. The van der Waals surface area contributed by atoms with Gasteiger partial charge in [0.1, 0.15) is 0 Å². The average molecular weight is 445 g/mol. The van der Waals surface area contributed by atoms with Crippen LogP contribution in [0.5, 0.6) is 0 Å². The van der Waals surface area contributed by atoms with Crippen LogP contribution in [-0.4, -0.2) is 44.9 Å². The van der Waals surface area contributed by atoms with Crippen LogP contribution in [0.3, 0.4) is 0 Å². The van der Waals surface area contributed by atoms with Crippen LogP contribution in [0, 0.1) is 6.92 Å². The fourth-order valence-electron chi connectivity index (χ4n) is 3.45. The van der Waals surface area contributed by atoms with Gasteiger partial charge in [-0.3, -0.25) is 4.79 Å². The van der Waals surface area contributed by atoms with Crippen molar-refractivity contribution in [3.63, 3.8) is 0 Å². The highest BCUT2D eigenvalue weighted by Gasteiger charge is 2.19. The minimum Gasteiger partial charge on any atom is -0.348 e. The van der Waals surface area contributed by atoms with Crippen LogP contribution in [0.25, 0.3) is 0 Å². The molecule has 0 radical (unpaired) electrons. The summed E-state index contributed by atoms with van der Waals surface area (Å²) in [6.07, 6.45) is 2.05. The van der Waals surface area contributed by atoms with E-state index in [4.69, 9.17) is 0 Å². The van der Waals surface area contributed by atoms with Crippen molar-refractivity contribution in [3.8, 4) is 0 Å². The second kappa shape index (κ2) is 9.93. The van der Waals surface area contributed by atoms with Crippen molar-refractivity contribution in [2.24, 2.45) is 0 Å². The lowest BCUT2D eigenvalue weighted by molar-refractivity contribution is 0.0950. The Balaban J connectivity index is 1.66. The molecule has 1 saturated heterocycles. The van der Waals surface area contributed by atoms with Gasteiger partial charge in [0.15, 0.2) is 0 Å². The first kappa shape index (κ1) is 22.8. The van der Waals surface area contributed by atoms with Gasteiger partial charge in [-0.05, 0) is 55.2 Å². The Kier molecular flexibility index (Phi) is 7.29. The lowest BCUT2D eigenvalue weighted by Gasteiger charge is -2.16. The molecule has 3 amide bonds. The Bertz CT molecular complexity index is 1060. The molecule has 8 nitrogen and oxygen atoms in total. The first-order valence-corrected chi connectivity index (χ1v) is 11.8. The number of anilines is 1. The zero-order chi connectivity index (χ0) is 22.4. The number of rotatable bonds is 7. The normalized spacial score (nSPS) is 13.8. The summed E-state index contributed by atoms with van der Waals surface area (Å²) in [5.41, 5.74) is 2.47. The molecule has 0 spiro atoms. The maximum Gasteiger partial charge on any atom is 0.321 e. The SMILES string of the molecule is CCNS(=O)(=O)c1ccc(C)c(C(=O)NCc2cccc(NC(=O)N3CCCC3)c2)c1. The summed E-state index contributed by atoms with van der Waals surface area (Å²) in [6.45, 7) is 5.50. The first-order chi connectivity index (χ1) is 14.8. The molecule has 0 saturated carbocycles. The van der Waals surface area contributed by atoms with Crippen LogP contribution in [-0.2, 0) is 16.6 Å². The molecule has 1 fully saturated rings. The fourth-order valence-corrected chi connectivity index (χ4v) is 4.51. The predicted octanol–water partition coefficient (Wildman–Crippen LogP) is 2.85. The molecule has 1 aliphatic rings. The lowest BCUT2D eigenvalue weighted by atomic mass is 10.1. The standard InChI is InChI=1S/C22H28N4O4S/c1-3-24-31(29,30)19-10-9-16(2)20(14-19)21(27)23-15-17-7-6-8-18(13-17)25-22(28)26-11-4-5-12-26/h6-10,13-14,24H,3-5,11-12,15H2,1-2H3,(H,23,27)(H,25,28). The van der Waals surface area contributed by atoms with Gasteiger partial charge >= 0.3 is 6.03 Å². The van der Waals surface area contributed by atoms with Crippen LogP contribution in [0.2, 0.25) is 0 Å². The minimum absolute atomic E-state index is 0.0525. The average Bonchev–Trinajstić information content (AvgIpc) is 3.27. The molecule has 0 aliphatic carbocycles. The monoisotopic (exact) mass is 444 g/mol. The van der Waals surface area contributed by atoms with E-state index in [-0.39, 0.29) is 29.9 Å². The smallest absolute Gasteiger partial charge is 0.321 e. The highest BCUT2D eigenvalue weighted by Crippen LogP contribution is 2.17. The maximum absolute atomic E-state index is 12.7. The van der Waals surface area contributed by atoms with Crippen LogP contribution >= 0.6 is 0 Å². The van der Waals surface area contributed by atoms with E-state index in [0.717, 1.165) is 31.5 Å². The predicted molar refractivity (Wildman–Crippen MR) is 119 cm³/mol. The van der Waals surface area contributed by atoms with E-state index in [2.05, 4.69) is 15.4 Å². The maximum atomic E-state index is 12.7. The van der Waals surface area contributed by atoms with E-state index in [9.17, 15) is 18.0 Å². The molecule has 0 unspecified atom stereocenters. The van der Waals surface area contributed by atoms with Crippen molar-refractivity contribution in [2.45, 2.75) is 38.1 Å². The first-order valence-electron chi connectivity index (χ1n) is 10.3. The van der Waals surface area contributed by atoms with Gasteiger partial charge in [0.25, 0.3) is 5.91 Å². The van der Waals surface area contributed by atoms with Gasteiger partial charge in [-0.15, -0.1) is 0 Å². The number of benzene rings is 2. The Morgan fingerprint density at radius 2 is 1.81 bits per heavy atom. The second-order valence-corrected chi connectivity index (χ2v) is 9.25. The van der Waals surface area contributed by atoms with Gasteiger partial charge in [0, 0.05) is 37.4 Å². The molecule has 1 heterocycles. The number of nitrogens with zero attached hydrogens (tertiary/aromatic N) is 1. The van der Waals surface area contributed by atoms with Crippen LogP contribution in [0.15, 0.2) is 47.4 Å². The van der Waals surface area contributed by atoms with Gasteiger partial charge in [0.2, 0.25) is 10.0 Å². The summed E-state index contributed by atoms with van der Waals surface area (Å²) in [7, 11) is -3.65. The molecule has 2 aromatic carbocycles. The number of nitrogens with one attached hydrogen (secondary N) is 3.